The third-order valence-corrected chi connectivity index (χ3v) is 4.24. The third kappa shape index (κ3) is 3.48. The molecule has 1 aliphatic rings. The highest BCUT2D eigenvalue weighted by molar-refractivity contribution is 6.31. The highest BCUT2D eigenvalue weighted by Crippen LogP contribution is 2.29. The maximum absolute atomic E-state index is 11.1. The summed E-state index contributed by atoms with van der Waals surface area (Å²) in [6.45, 7) is 5.51. The van der Waals surface area contributed by atoms with Crippen molar-refractivity contribution in [2.75, 3.05) is 19.6 Å². The first kappa shape index (κ1) is 15.2. The van der Waals surface area contributed by atoms with Gasteiger partial charge in [0.1, 0.15) is 0 Å². The fourth-order valence-corrected chi connectivity index (χ4v) is 2.98. The van der Waals surface area contributed by atoms with Gasteiger partial charge in [-0.1, -0.05) is 24.6 Å². The van der Waals surface area contributed by atoms with Crippen LogP contribution in [-0.2, 0) is 6.54 Å². The van der Waals surface area contributed by atoms with Gasteiger partial charge >= 0.3 is 0 Å². The average molecular weight is 298 g/mol. The number of benzene rings is 1. The second kappa shape index (κ2) is 7.02. The van der Waals surface area contributed by atoms with Crippen molar-refractivity contribution in [2.24, 2.45) is 0 Å². The summed E-state index contributed by atoms with van der Waals surface area (Å²) in [4.78, 5) is 13.1. The maximum atomic E-state index is 11.1. The summed E-state index contributed by atoms with van der Waals surface area (Å²) in [5.74, 6) is 0. The standard InChI is InChI=1S/C14H20ClN3O2/c1-2-17(11-6-8-16-9-7-11)10-12-13(15)4-3-5-14(12)18(19)20/h3-5,11,16H,2,6-10H2,1H3. The first-order valence-corrected chi connectivity index (χ1v) is 7.37. The molecule has 2 rings (SSSR count). The summed E-state index contributed by atoms with van der Waals surface area (Å²) in [5, 5.41) is 15.0. The first-order valence-electron chi connectivity index (χ1n) is 7.00. The Hall–Kier alpha value is -1.17. The molecule has 0 aromatic heterocycles. The number of nitrogens with one attached hydrogen (secondary N) is 1. The minimum atomic E-state index is -0.350. The monoisotopic (exact) mass is 297 g/mol. The van der Waals surface area contributed by atoms with Crippen LogP contribution in [0.3, 0.4) is 0 Å². The second-order valence-electron chi connectivity index (χ2n) is 5.04. The van der Waals surface area contributed by atoms with Crippen LogP contribution in [0.15, 0.2) is 18.2 Å². The average Bonchev–Trinajstić information content (AvgIpc) is 2.46. The summed E-state index contributed by atoms with van der Waals surface area (Å²) < 4.78 is 0. The molecule has 1 fully saturated rings. The Kier molecular flexibility index (Phi) is 5.34. The van der Waals surface area contributed by atoms with Crippen LogP contribution in [0.25, 0.3) is 0 Å². The van der Waals surface area contributed by atoms with E-state index in [9.17, 15) is 10.1 Å². The number of halogens is 1. The van der Waals surface area contributed by atoms with E-state index in [1.54, 1.807) is 12.1 Å². The minimum Gasteiger partial charge on any atom is -0.317 e. The lowest BCUT2D eigenvalue weighted by atomic mass is 10.0. The van der Waals surface area contributed by atoms with Crippen LogP contribution in [-0.4, -0.2) is 35.5 Å². The zero-order chi connectivity index (χ0) is 14.5. The number of piperidine rings is 1. The molecule has 0 radical (unpaired) electrons. The summed E-state index contributed by atoms with van der Waals surface area (Å²) in [7, 11) is 0. The molecule has 20 heavy (non-hydrogen) atoms. The van der Waals surface area contributed by atoms with E-state index in [2.05, 4.69) is 17.1 Å². The third-order valence-electron chi connectivity index (χ3n) is 3.88. The van der Waals surface area contributed by atoms with Gasteiger partial charge in [-0.25, -0.2) is 0 Å². The van der Waals surface area contributed by atoms with E-state index in [1.807, 2.05) is 0 Å². The Morgan fingerprint density at radius 1 is 1.45 bits per heavy atom. The molecular formula is C14H20ClN3O2. The molecule has 6 heteroatoms. The van der Waals surface area contributed by atoms with Gasteiger partial charge in [-0.2, -0.15) is 0 Å². The van der Waals surface area contributed by atoms with Crippen molar-refractivity contribution in [3.05, 3.63) is 38.9 Å². The number of hydrogen-bond donors (Lipinski definition) is 1. The van der Waals surface area contributed by atoms with Crippen molar-refractivity contribution in [3.63, 3.8) is 0 Å². The lowest BCUT2D eigenvalue weighted by Crippen LogP contribution is -2.42. The second-order valence-corrected chi connectivity index (χ2v) is 5.45. The van der Waals surface area contributed by atoms with Crippen molar-refractivity contribution in [2.45, 2.75) is 32.4 Å². The molecule has 1 saturated heterocycles. The van der Waals surface area contributed by atoms with E-state index in [1.165, 1.54) is 6.07 Å². The van der Waals surface area contributed by atoms with E-state index in [-0.39, 0.29) is 10.6 Å². The molecule has 0 aliphatic carbocycles. The molecule has 1 aromatic rings. The van der Waals surface area contributed by atoms with Gasteiger partial charge < -0.3 is 5.32 Å². The van der Waals surface area contributed by atoms with Gasteiger partial charge in [0.2, 0.25) is 0 Å². The largest absolute Gasteiger partial charge is 0.317 e. The van der Waals surface area contributed by atoms with E-state index in [0.717, 1.165) is 32.5 Å². The molecule has 0 spiro atoms. The lowest BCUT2D eigenvalue weighted by Gasteiger charge is -2.33. The molecule has 1 N–H and O–H groups in total. The number of hydrogen-bond acceptors (Lipinski definition) is 4. The molecule has 1 aromatic carbocycles. The van der Waals surface area contributed by atoms with E-state index >= 15 is 0 Å². The van der Waals surface area contributed by atoms with Gasteiger partial charge in [0.15, 0.2) is 0 Å². The Morgan fingerprint density at radius 3 is 2.75 bits per heavy atom. The van der Waals surface area contributed by atoms with Crippen LogP contribution in [0.5, 0.6) is 0 Å². The van der Waals surface area contributed by atoms with Gasteiger partial charge in [-0.3, -0.25) is 15.0 Å². The number of rotatable bonds is 5. The van der Waals surface area contributed by atoms with Crippen molar-refractivity contribution in [1.29, 1.82) is 0 Å². The highest BCUT2D eigenvalue weighted by atomic mass is 35.5. The molecular weight excluding hydrogens is 278 g/mol. The van der Waals surface area contributed by atoms with Crippen LogP contribution < -0.4 is 5.32 Å². The van der Waals surface area contributed by atoms with Gasteiger partial charge in [-0.05, 0) is 38.5 Å². The van der Waals surface area contributed by atoms with Crippen LogP contribution in [0.1, 0.15) is 25.3 Å². The van der Waals surface area contributed by atoms with Crippen LogP contribution in [0.2, 0.25) is 5.02 Å². The molecule has 0 saturated carbocycles. The molecule has 110 valence electrons. The van der Waals surface area contributed by atoms with Crippen LogP contribution in [0, 0.1) is 10.1 Å². The van der Waals surface area contributed by atoms with Crippen molar-refractivity contribution >= 4 is 17.3 Å². The summed E-state index contributed by atoms with van der Waals surface area (Å²) in [6, 6.07) is 5.35. The predicted molar refractivity (Wildman–Crippen MR) is 80.1 cm³/mol. The highest BCUT2D eigenvalue weighted by Gasteiger charge is 2.24. The quantitative estimate of drug-likeness (QED) is 0.671. The van der Waals surface area contributed by atoms with Gasteiger partial charge in [0, 0.05) is 18.7 Å². The van der Waals surface area contributed by atoms with Crippen LogP contribution in [0.4, 0.5) is 5.69 Å². The summed E-state index contributed by atoms with van der Waals surface area (Å²) in [6.07, 6.45) is 2.15. The molecule has 0 bridgehead atoms. The smallest absolute Gasteiger partial charge is 0.275 e. The molecule has 5 nitrogen and oxygen atoms in total. The number of nitrogens with zero attached hydrogens (tertiary/aromatic N) is 2. The number of nitro groups is 1. The van der Waals surface area contributed by atoms with Gasteiger partial charge in [0.25, 0.3) is 5.69 Å². The minimum absolute atomic E-state index is 0.116. The summed E-state index contributed by atoms with van der Waals surface area (Å²) in [5.41, 5.74) is 0.740. The molecule has 1 aliphatic heterocycles. The van der Waals surface area contributed by atoms with E-state index < -0.39 is 0 Å². The molecule has 1 heterocycles. The Balaban J connectivity index is 2.20. The Labute approximate surface area is 124 Å². The number of nitro benzene ring substituents is 1. The predicted octanol–water partition coefficient (Wildman–Crippen LogP) is 2.82. The van der Waals surface area contributed by atoms with Crippen LogP contribution >= 0.6 is 11.6 Å². The van der Waals surface area contributed by atoms with E-state index in [4.69, 9.17) is 11.6 Å². The fourth-order valence-electron chi connectivity index (χ4n) is 2.75. The first-order chi connectivity index (χ1) is 9.63. The van der Waals surface area contributed by atoms with Gasteiger partial charge in [0.05, 0.1) is 15.5 Å². The van der Waals surface area contributed by atoms with Gasteiger partial charge in [-0.15, -0.1) is 0 Å². The van der Waals surface area contributed by atoms with Crippen molar-refractivity contribution < 1.29 is 4.92 Å². The van der Waals surface area contributed by atoms with E-state index in [0.29, 0.717) is 23.2 Å². The Bertz CT molecular complexity index is 475. The van der Waals surface area contributed by atoms with Crippen molar-refractivity contribution in [3.8, 4) is 0 Å². The summed E-state index contributed by atoms with van der Waals surface area (Å²) >= 11 is 6.17. The Morgan fingerprint density at radius 2 is 2.15 bits per heavy atom. The molecule has 0 atom stereocenters. The zero-order valence-corrected chi connectivity index (χ0v) is 12.4. The lowest BCUT2D eigenvalue weighted by molar-refractivity contribution is -0.385. The fraction of sp³-hybridized carbons (Fsp3) is 0.571. The topological polar surface area (TPSA) is 58.4 Å². The van der Waals surface area contributed by atoms with Crippen molar-refractivity contribution in [1.82, 2.24) is 10.2 Å². The zero-order valence-electron chi connectivity index (χ0n) is 11.6. The SMILES string of the molecule is CCN(Cc1c(Cl)cccc1[N+](=O)[O-])C1CCNCC1. The normalized spacial score (nSPS) is 16.6. The maximum Gasteiger partial charge on any atom is 0.275 e. The molecule has 0 unspecified atom stereocenters. The molecule has 0 amide bonds.